The van der Waals surface area contributed by atoms with E-state index in [1.807, 2.05) is 0 Å². The fourth-order valence-corrected chi connectivity index (χ4v) is 2.91. The number of hydrogen-bond donors (Lipinski definition) is 1. The third-order valence-electron chi connectivity index (χ3n) is 2.96. The second-order valence-corrected chi connectivity index (χ2v) is 5.31. The largest absolute Gasteiger partial charge is 0.417 e. The first-order valence-corrected chi connectivity index (χ1v) is 6.60. The van der Waals surface area contributed by atoms with Crippen molar-refractivity contribution >= 4 is 26.7 Å². The molecule has 0 amide bonds. The van der Waals surface area contributed by atoms with E-state index in [1.165, 1.54) is 23.5 Å². The van der Waals surface area contributed by atoms with Crippen molar-refractivity contribution in [3.8, 4) is 11.1 Å². The van der Waals surface area contributed by atoms with Gasteiger partial charge in [-0.15, -0.1) is 0 Å². The fourth-order valence-electron chi connectivity index (χ4n) is 2.15. The minimum atomic E-state index is -4.40. The normalized spacial score (nSPS) is 11.9. The molecule has 3 aromatic rings. The lowest BCUT2D eigenvalue weighted by atomic mass is 9.98. The maximum atomic E-state index is 13.1. The van der Waals surface area contributed by atoms with Crippen LogP contribution in [0.5, 0.6) is 0 Å². The summed E-state index contributed by atoms with van der Waals surface area (Å²) in [5.41, 5.74) is 6.05. The molecule has 1 heterocycles. The van der Waals surface area contributed by atoms with Crippen LogP contribution in [0.2, 0.25) is 0 Å². The monoisotopic (exact) mass is 294 g/mol. The molecule has 0 saturated heterocycles. The number of hydrogen-bond acceptors (Lipinski definition) is 3. The van der Waals surface area contributed by atoms with Crippen LogP contribution in [0.4, 0.5) is 18.3 Å². The summed E-state index contributed by atoms with van der Waals surface area (Å²) in [6.07, 6.45) is -4.40. The minimum absolute atomic E-state index is 0.121. The summed E-state index contributed by atoms with van der Waals surface area (Å²) in [7, 11) is 0. The van der Waals surface area contributed by atoms with Gasteiger partial charge in [0.05, 0.1) is 15.8 Å². The number of aromatic nitrogens is 1. The third kappa shape index (κ3) is 2.12. The molecule has 102 valence electrons. The van der Waals surface area contributed by atoms with E-state index >= 15 is 0 Å². The Balaban J connectivity index is 2.32. The summed E-state index contributed by atoms with van der Waals surface area (Å²) in [6, 6.07) is 10.6. The zero-order valence-electron chi connectivity index (χ0n) is 10.1. The van der Waals surface area contributed by atoms with Crippen LogP contribution < -0.4 is 5.73 Å². The molecule has 0 aliphatic carbocycles. The Hall–Kier alpha value is -2.08. The lowest BCUT2D eigenvalue weighted by molar-refractivity contribution is -0.137. The van der Waals surface area contributed by atoms with Gasteiger partial charge >= 0.3 is 6.18 Å². The molecule has 0 radical (unpaired) electrons. The summed E-state index contributed by atoms with van der Waals surface area (Å²) < 4.78 is 40.1. The van der Waals surface area contributed by atoms with E-state index < -0.39 is 11.7 Å². The van der Waals surface area contributed by atoms with Crippen molar-refractivity contribution in [1.82, 2.24) is 4.98 Å². The van der Waals surface area contributed by atoms with Gasteiger partial charge in [-0.05, 0) is 17.7 Å². The maximum absolute atomic E-state index is 13.1. The van der Waals surface area contributed by atoms with Crippen LogP contribution in [0, 0.1) is 0 Å². The van der Waals surface area contributed by atoms with Gasteiger partial charge in [-0.25, -0.2) is 4.98 Å². The van der Waals surface area contributed by atoms with Crippen LogP contribution in [-0.2, 0) is 6.18 Å². The van der Waals surface area contributed by atoms with E-state index in [0.717, 1.165) is 10.8 Å². The molecule has 0 fully saturated rings. The number of anilines is 1. The Kier molecular flexibility index (Phi) is 2.90. The number of nitrogens with two attached hydrogens (primary N) is 1. The van der Waals surface area contributed by atoms with Gasteiger partial charge < -0.3 is 5.73 Å². The second kappa shape index (κ2) is 4.49. The Bertz CT molecular complexity index is 777. The zero-order valence-corrected chi connectivity index (χ0v) is 10.9. The Morgan fingerprint density at radius 1 is 0.950 bits per heavy atom. The molecule has 6 heteroatoms. The molecule has 2 N–H and O–H groups in total. The number of alkyl halides is 3. The van der Waals surface area contributed by atoms with Crippen molar-refractivity contribution in [3.63, 3.8) is 0 Å². The van der Waals surface area contributed by atoms with E-state index in [9.17, 15) is 13.2 Å². The molecule has 3 rings (SSSR count). The smallest absolute Gasteiger partial charge is 0.375 e. The first kappa shape index (κ1) is 12.9. The van der Waals surface area contributed by atoms with E-state index in [-0.39, 0.29) is 5.56 Å². The van der Waals surface area contributed by atoms with Crippen molar-refractivity contribution in [2.45, 2.75) is 6.18 Å². The molecule has 2 nitrogen and oxygen atoms in total. The van der Waals surface area contributed by atoms with Gasteiger partial charge in [-0.1, -0.05) is 41.7 Å². The summed E-state index contributed by atoms with van der Waals surface area (Å²) in [5.74, 6) is 0. The highest BCUT2D eigenvalue weighted by atomic mass is 32.1. The molecule has 0 aliphatic rings. The van der Waals surface area contributed by atoms with Gasteiger partial charge in [0.25, 0.3) is 0 Å². The first-order valence-electron chi connectivity index (χ1n) is 5.78. The summed E-state index contributed by atoms with van der Waals surface area (Å²) in [4.78, 5) is 4.14. The van der Waals surface area contributed by atoms with Crippen LogP contribution in [-0.4, -0.2) is 4.98 Å². The van der Waals surface area contributed by atoms with Gasteiger partial charge in [0.15, 0.2) is 5.13 Å². The highest BCUT2D eigenvalue weighted by Gasteiger charge is 2.33. The second-order valence-electron chi connectivity index (χ2n) is 4.25. The standard InChI is InChI=1S/C14H9F3N2S/c15-14(16,17)10-6-2-1-4-8(10)9-5-3-7-11-12(9)19-13(18)20-11/h1-7H,(H2,18,19). The van der Waals surface area contributed by atoms with Crippen molar-refractivity contribution in [2.24, 2.45) is 0 Å². The SMILES string of the molecule is Nc1nc2c(-c3ccccc3C(F)(F)F)cccc2s1. The number of para-hydroxylation sites is 1. The van der Waals surface area contributed by atoms with Gasteiger partial charge in [-0.3, -0.25) is 0 Å². The molecule has 20 heavy (non-hydrogen) atoms. The van der Waals surface area contributed by atoms with E-state index in [1.54, 1.807) is 24.3 Å². The molecule has 0 atom stereocenters. The van der Waals surface area contributed by atoms with Crippen LogP contribution in [0.25, 0.3) is 21.3 Å². The zero-order chi connectivity index (χ0) is 14.3. The topological polar surface area (TPSA) is 38.9 Å². The molecule has 0 unspecified atom stereocenters. The maximum Gasteiger partial charge on any atom is 0.417 e. The minimum Gasteiger partial charge on any atom is -0.375 e. The van der Waals surface area contributed by atoms with Crippen molar-refractivity contribution in [1.29, 1.82) is 0 Å². The average Bonchev–Trinajstić information content (AvgIpc) is 2.77. The number of halogens is 3. The predicted molar refractivity (Wildman–Crippen MR) is 74.5 cm³/mol. The third-order valence-corrected chi connectivity index (χ3v) is 3.81. The predicted octanol–water partition coefficient (Wildman–Crippen LogP) is 4.56. The summed E-state index contributed by atoms with van der Waals surface area (Å²) >= 11 is 1.26. The van der Waals surface area contributed by atoms with Gasteiger partial charge in [-0.2, -0.15) is 13.2 Å². The highest BCUT2D eigenvalue weighted by molar-refractivity contribution is 7.22. The average molecular weight is 294 g/mol. The molecular weight excluding hydrogens is 285 g/mol. The number of benzene rings is 2. The van der Waals surface area contributed by atoms with Gasteiger partial charge in [0.1, 0.15) is 0 Å². The molecule has 0 spiro atoms. The molecule has 0 aliphatic heterocycles. The van der Waals surface area contributed by atoms with Gasteiger partial charge in [0, 0.05) is 5.56 Å². The fraction of sp³-hybridized carbons (Fsp3) is 0.0714. The number of fused-ring (bicyclic) bond motifs is 1. The van der Waals surface area contributed by atoms with Crippen molar-refractivity contribution < 1.29 is 13.2 Å². The first-order chi connectivity index (χ1) is 9.47. The molecule has 0 saturated carbocycles. The molecular formula is C14H9F3N2S. The van der Waals surface area contributed by atoms with Crippen LogP contribution in [0.15, 0.2) is 42.5 Å². The van der Waals surface area contributed by atoms with Crippen LogP contribution in [0.3, 0.4) is 0 Å². The summed E-state index contributed by atoms with van der Waals surface area (Å²) in [5, 5.41) is 0.344. The molecule has 2 aromatic carbocycles. The number of rotatable bonds is 1. The van der Waals surface area contributed by atoms with Gasteiger partial charge in [0.2, 0.25) is 0 Å². The van der Waals surface area contributed by atoms with Crippen LogP contribution >= 0.6 is 11.3 Å². The molecule has 0 bridgehead atoms. The Labute approximate surface area is 116 Å². The van der Waals surface area contributed by atoms with Crippen molar-refractivity contribution in [2.75, 3.05) is 5.73 Å². The lowest BCUT2D eigenvalue weighted by Crippen LogP contribution is -2.06. The Morgan fingerprint density at radius 3 is 2.40 bits per heavy atom. The van der Waals surface area contributed by atoms with Crippen LogP contribution in [0.1, 0.15) is 5.56 Å². The summed E-state index contributed by atoms with van der Waals surface area (Å²) in [6.45, 7) is 0. The number of nitrogen functional groups attached to an aromatic ring is 1. The van der Waals surface area contributed by atoms with E-state index in [0.29, 0.717) is 16.2 Å². The Morgan fingerprint density at radius 2 is 1.65 bits per heavy atom. The van der Waals surface area contributed by atoms with E-state index in [2.05, 4.69) is 4.98 Å². The number of thiazole rings is 1. The highest BCUT2D eigenvalue weighted by Crippen LogP contribution is 2.40. The number of nitrogens with zero attached hydrogens (tertiary/aromatic N) is 1. The van der Waals surface area contributed by atoms with E-state index in [4.69, 9.17) is 5.73 Å². The molecule has 1 aromatic heterocycles. The van der Waals surface area contributed by atoms with Crippen molar-refractivity contribution in [3.05, 3.63) is 48.0 Å². The quantitative estimate of drug-likeness (QED) is 0.714. The lowest BCUT2D eigenvalue weighted by Gasteiger charge is -2.13.